The van der Waals surface area contributed by atoms with Gasteiger partial charge in [-0.25, -0.2) is 0 Å². The third-order valence-corrected chi connectivity index (χ3v) is 4.83. The van der Waals surface area contributed by atoms with E-state index in [1.807, 2.05) is 24.3 Å². The first-order valence-corrected chi connectivity index (χ1v) is 9.07. The fraction of sp³-hybridized carbons (Fsp3) is 0.286. The highest BCUT2D eigenvalue weighted by molar-refractivity contribution is 6.30. The summed E-state index contributed by atoms with van der Waals surface area (Å²) in [7, 11) is 0. The molecule has 1 amide bonds. The summed E-state index contributed by atoms with van der Waals surface area (Å²) >= 11 is 5.85. The molecule has 1 aliphatic rings. The minimum absolute atomic E-state index is 0.144. The molecule has 0 aromatic heterocycles. The van der Waals surface area contributed by atoms with Crippen molar-refractivity contribution in [2.75, 3.05) is 23.3 Å². The molecular formula is C21H23ClN2O. The van der Waals surface area contributed by atoms with E-state index in [-0.39, 0.29) is 5.91 Å². The van der Waals surface area contributed by atoms with Crippen molar-refractivity contribution in [3.63, 3.8) is 0 Å². The van der Waals surface area contributed by atoms with Crippen LogP contribution in [0.2, 0.25) is 5.02 Å². The third kappa shape index (κ3) is 5.10. The van der Waals surface area contributed by atoms with Crippen molar-refractivity contribution in [1.29, 1.82) is 0 Å². The standard InChI is InChI=1S/C21H23ClN2O/c1-16-12-14-24(15-13-16)20-9-7-19(8-10-20)23-21(25)11-4-17-2-5-18(22)6-3-17/h2-11,16H,12-15H2,1H3,(H,23,25)/b11-4+. The van der Waals surface area contributed by atoms with Gasteiger partial charge in [0.05, 0.1) is 0 Å². The second-order valence-electron chi connectivity index (χ2n) is 6.59. The minimum Gasteiger partial charge on any atom is -0.372 e. The van der Waals surface area contributed by atoms with Crippen molar-refractivity contribution in [3.05, 3.63) is 65.2 Å². The Labute approximate surface area is 154 Å². The van der Waals surface area contributed by atoms with E-state index in [4.69, 9.17) is 11.6 Å². The normalized spacial score (nSPS) is 15.5. The van der Waals surface area contributed by atoms with E-state index in [0.29, 0.717) is 5.02 Å². The SMILES string of the molecule is CC1CCN(c2ccc(NC(=O)/C=C/c3ccc(Cl)cc3)cc2)CC1. The lowest BCUT2D eigenvalue weighted by Crippen LogP contribution is -2.32. The molecule has 0 bridgehead atoms. The fourth-order valence-electron chi connectivity index (χ4n) is 2.95. The molecule has 130 valence electrons. The maximum Gasteiger partial charge on any atom is 0.248 e. The van der Waals surface area contributed by atoms with Gasteiger partial charge in [-0.3, -0.25) is 4.79 Å². The monoisotopic (exact) mass is 354 g/mol. The highest BCUT2D eigenvalue weighted by Gasteiger charge is 2.15. The van der Waals surface area contributed by atoms with Crippen molar-refractivity contribution in [3.8, 4) is 0 Å². The predicted molar refractivity (Wildman–Crippen MR) is 106 cm³/mol. The lowest BCUT2D eigenvalue weighted by molar-refractivity contribution is -0.111. The fourth-order valence-corrected chi connectivity index (χ4v) is 3.08. The summed E-state index contributed by atoms with van der Waals surface area (Å²) in [6.07, 6.45) is 5.79. The highest BCUT2D eigenvalue weighted by Crippen LogP contribution is 2.24. The van der Waals surface area contributed by atoms with Gasteiger partial charge >= 0.3 is 0 Å². The van der Waals surface area contributed by atoms with Gasteiger partial charge in [-0.15, -0.1) is 0 Å². The minimum atomic E-state index is -0.144. The molecule has 0 unspecified atom stereocenters. The zero-order valence-electron chi connectivity index (χ0n) is 14.4. The molecule has 3 rings (SSSR count). The van der Waals surface area contributed by atoms with E-state index >= 15 is 0 Å². The summed E-state index contributed by atoms with van der Waals surface area (Å²) in [6, 6.07) is 15.4. The van der Waals surface area contributed by atoms with Crippen LogP contribution in [-0.2, 0) is 4.79 Å². The van der Waals surface area contributed by atoms with Gasteiger partial charge in [0.15, 0.2) is 0 Å². The number of nitrogens with one attached hydrogen (secondary N) is 1. The van der Waals surface area contributed by atoms with Crippen LogP contribution in [0.1, 0.15) is 25.3 Å². The molecule has 0 saturated carbocycles. The van der Waals surface area contributed by atoms with Gasteiger partial charge in [-0.1, -0.05) is 30.7 Å². The summed E-state index contributed by atoms with van der Waals surface area (Å²) in [5.74, 6) is 0.678. The first kappa shape index (κ1) is 17.6. The number of carbonyl (C=O) groups is 1. The van der Waals surface area contributed by atoms with E-state index in [9.17, 15) is 4.79 Å². The Balaban J connectivity index is 1.55. The summed E-state index contributed by atoms with van der Waals surface area (Å²) in [6.45, 7) is 4.53. The van der Waals surface area contributed by atoms with Gasteiger partial charge < -0.3 is 10.2 Å². The Morgan fingerprint density at radius 1 is 1.08 bits per heavy atom. The van der Waals surface area contributed by atoms with Crippen LogP contribution in [0, 0.1) is 5.92 Å². The van der Waals surface area contributed by atoms with Gasteiger partial charge in [-0.05, 0) is 66.8 Å². The smallest absolute Gasteiger partial charge is 0.248 e. The number of rotatable bonds is 4. The van der Waals surface area contributed by atoms with Gasteiger partial charge in [0.25, 0.3) is 0 Å². The van der Waals surface area contributed by atoms with Crippen LogP contribution in [0.4, 0.5) is 11.4 Å². The quantitative estimate of drug-likeness (QED) is 0.762. The molecule has 1 heterocycles. The van der Waals surface area contributed by atoms with Crippen molar-refractivity contribution >= 4 is 35.0 Å². The number of carbonyl (C=O) groups excluding carboxylic acids is 1. The zero-order valence-corrected chi connectivity index (χ0v) is 15.2. The van der Waals surface area contributed by atoms with E-state index in [0.717, 1.165) is 30.3 Å². The largest absolute Gasteiger partial charge is 0.372 e. The Hall–Kier alpha value is -2.26. The molecule has 1 aliphatic heterocycles. The predicted octanol–water partition coefficient (Wildman–Crippen LogP) is 5.23. The number of amides is 1. The maximum atomic E-state index is 12.0. The number of hydrogen-bond acceptors (Lipinski definition) is 2. The van der Waals surface area contributed by atoms with Gasteiger partial charge in [0.1, 0.15) is 0 Å². The molecule has 1 N–H and O–H groups in total. The second kappa shape index (κ2) is 8.21. The summed E-state index contributed by atoms with van der Waals surface area (Å²) in [4.78, 5) is 14.4. The molecule has 2 aromatic carbocycles. The molecule has 2 aromatic rings. The molecule has 3 nitrogen and oxygen atoms in total. The summed E-state index contributed by atoms with van der Waals surface area (Å²) < 4.78 is 0. The van der Waals surface area contributed by atoms with Crippen LogP contribution in [0.5, 0.6) is 0 Å². The number of piperidine rings is 1. The Kier molecular flexibility index (Phi) is 5.77. The van der Waals surface area contributed by atoms with Crippen LogP contribution < -0.4 is 10.2 Å². The average Bonchev–Trinajstić information content (AvgIpc) is 2.63. The molecule has 0 aliphatic carbocycles. The van der Waals surface area contributed by atoms with E-state index in [1.54, 1.807) is 18.2 Å². The topological polar surface area (TPSA) is 32.3 Å². The average molecular weight is 355 g/mol. The number of hydrogen-bond donors (Lipinski definition) is 1. The van der Waals surface area contributed by atoms with Crippen LogP contribution >= 0.6 is 11.6 Å². The van der Waals surface area contributed by atoms with Crippen LogP contribution in [0.25, 0.3) is 6.08 Å². The van der Waals surface area contributed by atoms with Gasteiger partial charge in [0.2, 0.25) is 5.91 Å². The number of benzene rings is 2. The van der Waals surface area contributed by atoms with E-state index in [2.05, 4.69) is 29.3 Å². The van der Waals surface area contributed by atoms with E-state index in [1.165, 1.54) is 24.6 Å². The summed E-state index contributed by atoms with van der Waals surface area (Å²) in [5, 5.41) is 3.58. The molecule has 0 atom stereocenters. The Morgan fingerprint density at radius 2 is 1.72 bits per heavy atom. The first-order valence-electron chi connectivity index (χ1n) is 8.70. The lowest BCUT2D eigenvalue weighted by atomic mass is 9.99. The molecule has 1 fully saturated rings. The molecule has 1 saturated heterocycles. The summed E-state index contributed by atoms with van der Waals surface area (Å²) in [5.41, 5.74) is 2.97. The lowest BCUT2D eigenvalue weighted by Gasteiger charge is -2.32. The Morgan fingerprint density at radius 3 is 2.36 bits per heavy atom. The van der Waals surface area contributed by atoms with Crippen molar-refractivity contribution < 1.29 is 4.79 Å². The second-order valence-corrected chi connectivity index (χ2v) is 7.03. The molecule has 4 heteroatoms. The molecule has 25 heavy (non-hydrogen) atoms. The maximum absolute atomic E-state index is 12.0. The van der Waals surface area contributed by atoms with Gasteiger partial charge in [0, 0.05) is 35.6 Å². The number of nitrogens with zero attached hydrogens (tertiary/aromatic N) is 1. The van der Waals surface area contributed by atoms with E-state index < -0.39 is 0 Å². The number of anilines is 2. The zero-order chi connectivity index (χ0) is 17.6. The molecular weight excluding hydrogens is 332 g/mol. The van der Waals surface area contributed by atoms with Crippen LogP contribution in [0.15, 0.2) is 54.6 Å². The highest BCUT2D eigenvalue weighted by atomic mass is 35.5. The van der Waals surface area contributed by atoms with Crippen LogP contribution in [-0.4, -0.2) is 19.0 Å². The Bertz CT molecular complexity index is 729. The van der Waals surface area contributed by atoms with Crippen molar-refractivity contribution in [2.24, 2.45) is 5.92 Å². The molecule has 0 spiro atoms. The molecule has 0 radical (unpaired) electrons. The van der Waals surface area contributed by atoms with Crippen LogP contribution in [0.3, 0.4) is 0 Å². The third-order valence-electron chi connectivity index (χ3n) is 4.58. The number of halogens is 1. The van der Waals surface area contributed by atoms with Crippen molar-refractivity contribution in [1.82, 2.24) is 0 Å². The first-order chi connectivity index (χ1) is 12.1. The van der Waals surface area contributed by atoms with Gasteiger partial charge in [-0.2, -0.15) is 0 Å². The van der Waals surface area contributed by atoms with Crippen molar-refractivity contribution in [2.45, 2.75) is 19.8 Å².